The molecule has 1 aromatic rings. The molecule has 16 heavy (non-hydrogen) atoms. The fourth-order valence-corrected chi connectivity index (χ4v) is 1.66. The van der Waals surface area contributed by atoms with Gasteiger partial charge in [-0.3, -0.25) is 0 Å². The van der Waals surface area contributed by atoms with E-state index in [4.69, 9.17) is 5.73 Å². The molecule has 1 aromatic carbocycles. The highest BCUT2D eigenvalue weighted by atomic mass is 14.8. The number of anilines is 1. The van der Waals surface area contributed by atoms with Crippen molar-refractivity contribution >= 4 is 5.69 Å². The second-order valence-corrected chi connectivity index (χ2v) is 4.57. The van der Waals surface area contributed by atoms with Gasteiger partial charge < -0.3 is 11.1 Å². The van der Waals surface area contributed by atoms with Crippen molar-refractivity contribution in [1.29, 1.82) is 0 Å². The summed E-state index contributed by atoms with van der Waals surface area (Å²) in [5.74, 6) is 0.785. The Morgan fingerprint density at radius 3 is 2.88 bits per heavy atom. The van der Waals surface area contributed by atoms with E-state index in [1.807, 2.05) is 12.1 Å². The molecule has 0 heterocycles. The van der Waals surface area contributed by atoms with Gasteiger partial charge in [0, 0.05) is 5.69 Å². The fourth-order valence-electron chi connectivity index (χ4n) is 1.66. The first kappa shape index (κ1) is 13.0. The van der Waals surface area contributed by atoms with Gasteiger partial charge in [0.2, 0.25) is 0 Å². The zero-order valence-corrected chi connectivity index (χ0v) is 10.5. The van der Waals surface area contributed by atoms with Crippen molar-refractivity contribution in [2.24, 2.45) is 5.92 Å². The van der Waals surface area contributed by atoms with Crippen molar-refractivity contribution < 1.29 is 0 Å². The van der Waals surface area contributed by atoms with E-state index < -0.39 is 0 Å². The van der Waals surface area contributed by atoms with Crippen LogP contribution < -0.4 is 11.1 Å². The molecule has 0 aromatic heterocycles. The monoisotopic (exact) mass is 220 g/mol. The molecule has 0 aliphatic rings. The molecule has 0 spiro atoms. The van der Waals surface area contributed by atoms with E-state index in [1.54, 1.807) is 0 Å². The van der Waals surface area contributed by atoms with E-state index in [2.05, 4.69) is 31.3 Å². The van der Waals surface area contributed by atoms with E-state index in [9.17, 15) is 0 Å². The molecule has 0 aliphatic heterocycles. The third-order valence-electron chi connectivity index (χ3n) is 2.96. The molecule has 0 saturated carbocycles. The van der Waals surface area contributed by atoms with E-state index in [1.165, 1.54) is 18.4 Å². The van der Waals surface area contributed by atoms with Crippen LogP contribution >= 0.6 is 0 Å². The van der Waals surface area contributed by atoms with Gasteiger partial charge in [0.05, 0.1) is 0 Å². The predicted molar refractivity (Wildman–Crippen MR) is 71.5 cm³/mol. The third-order valence-corrected chi connectivity index (χ3v) is 2.96. The first-order valence-electron chi connectivity index (χ1n) is 6.27. The maximum absolute atomic E-state index is 5.73. The molecule has 90 valence electrons. The molecule has 0 amide bonds. The standard InChI is InChI=1S/C14H24N2/c1-3-12(2)11-16-9-5-7-13-6-4-8-14(15)10-13/h4,6,8,10,12,16H,3,5,7,9,11,15H2,1-2H3. The minimum atomic E-state index is 0.785. The van der Waals surface area contributed by atoms with Crippen LogP contribution in [0.2, 0.25) is 0 Å². The number of nitrogens with two attached hydrogens (primary N) is 1. The van der Waals surface area contributed by atoms with Crippen LogP contribution in [0.4, 0.5) is 5.69 Å². The normalized spacial score (nSPS) is 12.6. The van der Waals surface area contributed by atoms with Gasteiger partial charge in [0.25, 0.3) is 0 Å². The van der Waals surface area contributed by atoms with Gasteiger partial charge in [0.1, 0.15) is 0 Å². The zero-order chi connectivity index (χ0) is 11.8. The van der Waals surface area contributed by atoms with Crippen molar-refractivity contribution in [2.75, 3.05) is 18.8 Å². The van der Waals surface area contributed by atoms with Crippen LogP contribution in [-0.2, 0) is 6.42 Å². The first-order valence-corrected chi connectivity index (χ1v) is 6.27. The molecule has 1 atom stereocenters. The number of nitrogens with one attached hydrogen (secondary N) is 1. The van der Waals surface area contributed by atoms with Crippen LogP contribution in [0.15, 0.2) is 24.3 Å². The lowest BCUT2D eigenvalue weighted by atomic mass is 10.1. The van der Waals surface area contributed by atoms with Gasteiger partial charge in [-0.25, -0.2) is 0 Å². The van der Waals surface area contributed by atoms with E-state index in [0.717, 1.165) is 31.1 Å². The molecule has 1 unspecified atom stereocenters. The Morgan fingerprint density at radius 2 is 2.19 bits per heavy atom. The van der Waals surface area contributed by atoms with Gasteiger partial charge in [-0.1, -0.05) is 32.4 Å². The molecular formula is C14H24N2. The Labute approximate surface area is 99.2 Å². The predicted octanol–water partition coefficient (Wildman–Crippen LogP) is 2.84. The van der Waals surface area contributed by atoms with E-state index >= 15 is 0 Å². The number of nitrogen functional groups attached to an aromatic ring is 1. The van der Waals surface area contributed by atoms with Crippen LogP contribution in [0.5, 0.6) is 0 Å². The summed E-state index contributed by atoms with van der Waals surface area (Å²) in [7, 11) is 0. The number of benzene rings is 1. The van der Waals surface area contributed by atoms with Gasteiger partial charge in [-0.2, -0.15) is 0 Å². The molecule has 0 bridgehead atoms. The number of aryl methyl sites for hydroxylation is 1. The van der Waals surface area contributed by atoms with Crippen molar-refractivity contribution in [3.8, 4) is 0 Å². The van der Waals surface area contributed by atoms with Crippen LogP contribution in [0.1, 0.15) is 32.3 Å². The highest BCUT2D eigenvalue weighted by Crippen LogP contribution is 2.08. The maximum atomic E-state index is 5.73. The lowest BCUT2D eigenvalue weighted by Gasteiger charge is -2.09. The second kappa shape index (κ2) is 7.29. The number of rotatable bonds is 7. The summed E-state index contributed by atoms with van der Waals surface area (Å²) in [5.41, 5.74) is 7.94. The summed E-state index contributed by atoms with van der Waals surface area (Å²) >= 11 is 0. The second-order valence-electron chi connectivity index (χ2n) is 4.57. The molecule has 0 saturated heterocycles. The van der Waals surface area contributed by atoms with Crippen LogP contribution in [0.25, 0.3) is 0 Å². The van der Waals surface area contributed by atoms with Crippen molar-refractivity contribution in [3.05, 3.63) is 29.8 Å². The van der Waals surface area contributed by atoms with Gasteiger partial charge in [-0.05, 0) is 49.5 Å². The maximum Gasteiger partial charge on any atom is 0.0316 e. The minimum absolute atomic E-state index is 0.785. The fraction of sp³-hybridized carbons (Fsp3) is 0.571. The molecular weight excluding hydrogens is 196 g/mol. The average Bonchev–Trinajstić information content (AvgIpc) is 2.28. The lowest BCUT2D eigenvalue weighted by molar-refractivity contribution is 0.496. The van der Waals surface area contributed by atoms with Gasteiger partial charge in [0.15, 0.2) is 0 Å². The van der Waals surface area contributed by atoms with Crippen molar-refractivity contribution in [3.63, 3.8) is 0 Å². The summed E-state index contributed by atoms with van der Waals surface area (Å²) in [6.07, 6.45) is 3.54. The summed E-state index contributed by atoms with van der Waals surface area (Å²) in [4.78, 5) is 0. The molecule has 0 radical (unpaired) electrons. The largest absolute Gasteiger partial charge is 0.399 e. The summed E-state index contributed by atoms with van der Waals surface area (Å²) in [6, 6.07) is 8.17. The average molecular weight is 220 g/mol. The smallest absolute Gasteiger partial charge is 0.0316 e. The molecule has 0 aliphatic carbocycles. The Morgan fingerprint density at radius 1 is 1.38 bits per heavy atom. The Bertz CT molecular complexity index is 297. The first-order chi connectivity index (χ1) is 7.72. The van der Waals surface area contributed by atoms with E-state index in [-0.39, 0.29) is 0 Å². The summed E-state index contributed by atoms with van der Waals surface area (Å²) < 4.78 is 0. The summed E-state index contributed by atoms with van der Waals surface area (Å²) in [6.45, 7) is 6.75. The highest BCUT2D eigenvalue weighted by molar-refractivity contribution is 5.40. The van der Waals surface area contributed by atoms with Crippen LogP contribution in [0.3, 0.4) is 0 Å². The molecule has 0 fully saturated rings. The topological polar surface area (TPSA) is 38.0 Å². The molecule has 1 rings (SSSR count). The molecule has 3 N–H and O–H groups in total. The van der Waals surface area contributed by atoms with Gasteiger partial charge >= 0.3 is 0 Å². The molecule has 2 nitrogen and oxygen atoms in total. The number of hydrogen-bond donors (Lipinski definition) is 2. The van der Waals surface area contributed by atoms with E-state index in [0.29, 0.717) is 0 Å². The van der Waals surface area contributed by atoms with Crippen molar-refractivity contribution in [1.82, 2.24) is 5.32 Å². The number of hydrogen-bond acceptors (Lipinski definition) is 2. The SMILES string of the molecule is CCC(C)CNCCCc1cccc(N)c1. The van der Waals surface area contributed by atoms with Crippen molar-refractivity contribution in [2.45, 2.75) is 33.1 Å². The van der Waals surface area contributed by atoms with Crippen LogP contribution in [0, 0.1) is 5.92 Å². The Kier molecular flexibility index (Phi) is 5.94. The lowest BCUT2D eigenvalue weighted by Crippen LogP contribution is -2.22. The Balaban J connectivity index is 2.12. The third kappa shape index (κ3) is 5.17. The van der Waals surface area contributed by atoms with Gasteiger partial charge in [-0.15, -0.1) is 0 Å². The molecule has 2 heteroatoms. The Hall–Kier alpha value is -1.02. The highest BCUT2D eigenvalue weighted by Gasteiger charge is 1.97. The van der Waals surface area contributed by atoms with Crippen LogP contribution in [-0.4, -0.2) is 13.1 Å². The zero-order valence-electron chi connectivity index (χ0n) is 10.5. The minimum Gasteiger partial charge on any atom is -0.399 e. The quantitative estimate of drug-likeness (QED) is 0.548. The summed E-state index contributed by atoms with van der Waals surface area (Å²) in [5, 5.41) is 3.49.